The molecular formula is C11H21N2+. The molecule has 2 rings (SSSR count). The summed E-state index contributed by atoms with van der Waals surface area (Å²) < 4.78 is 0. The molecule has 0 aromatic carbocycles. The fraction of sp³-hybridized carbons (Fsp3) is 0.909. The first-order valence-corrected chi connectivity index (χ1v) is 5.70. The quantitative estimate of drug-likeness (QED) is 0.646. The minimum atomic E-state index is 0.972. The number of nitrogens with zero attached hydrogens (tertiary/aromatic N) is 1. The van der Waals surface area contributed by atoms with E-state index in [-0.39, 0.29) is 0 Å². The Morgan fingerprint density at radius 3 is 2.54 bits per heavy atom. The summed E-state index contributed by atoms with van der Waals surface area (Å²) in [7, 11) is 0. The van der Waals surface area contributed by atoms with E-state index in [2.05, 4.69) is 16.6 Å². The normalized spacial score (nSPS) is 27.1. The Bertz CT molecular complexity index is 119. The van der Waals surface area contributed by atoms with E-state index in [4.69, 9.17) is 0 Å². The van der Waals surface area contributed by atoms with Gasteiger partial charge in [0.05, 0.1) is 6.42 Å². The zero-order valence-electron chi connectivity index (χ0n) is 8.47. The van der Waals surface area contributed by atoms with Gasteiger partial charge in [-0.25, -0.2) is 0 Å². The molecule has 0 aromatic rings. The second kappa shape index (κ2) is 4.87. The van der Waals surface area contributed by atoms with Crippen LogP contribution in [0, 0.1) is 12.3 Å². The highest BCUT2D eigenvalue weighted by Gasteiger charge is 2.20. The molecule has 2 aliphatic heterocycles. The van der Waals surface area contributed by atoms with Gasteiger partial charge in [-0.3, -0.25) is 4.90 Å². The van der Waals surface area contributed by atoms with Crippen molar-refractivity contribution in [2.45, 2.75) is 25.7 Å². The fourth-order valence-electron chi connectivity index (χ4n) is 2.42. The van der Waals surface area contributed by atoms with Gasteiger partial charge in [0, 0.05) is 19.6 Å². The van der Waals surface area contributed by atoms with Gasteiger partial charge in [0.2, 0.25) is 0 Å². The molecular weight excluding hydrogens is 160 g/mol. The summed E-state index contributed by atoms with van der Waals surface area (Å²) in [6.07, 6.45) is 7.83. The molecule has 2 fully saturated rings. The first-order chi connectivity index (χ1) is 6.45. The predicted octanol–water partition coefficient (Wildman–Crippen LogP) is 1.29. The van der Waals surface area contributed by atoms with E-state index in [9.17, 15) is 0 Å². The first-order valence-electron chi connectivity index (χ1n) is 5.70. The first kappa shape index (κ1) is 9.35. The van der Waals surface area contributed by atoms with Crippen LogP contribution in [0.1, 0.15) is 25.7 Å². The molecule has 2 nitrogen and oxygen atoms in total. The summed E-state index contributed by atoms with van der Waals surface area (Å²) in [5, 5.41) is 3.43. The van der Waals surface area contributed by atoms with Gasteiger partial charge in [0.1, 0.15) is 12.8 Å². The van der Waals surface area contributed by atoms with Gasteiger partial charge >= 0.3 is 0 Å². The highest BCUT2D eigenvalue weighted by Crippen LogP contribution is 2.16. The summed E-state index contributed by atoms with van der Waals surface area (Å²) in [6, 6.07) is 0. The average Bonchev–Trinajstić information content (AvgIpc) is 2.21. The van der Waals surface area contributed by atoms with Crippen molar-refractivity contribution in [1.82, 2.24) is 10.2 Å². The van der Waals surface area contributed by atoms with Crippen LogP contribution in [0.5, 0.6) is 0 Å². The Hall–Kier alpha value is -0.210. The largest absolute Gasteiger partial charge is 0.317 e. The summed E-state index contributed by atoms with van der Waals surface area (Å²) in [6.45, 7) is 6.46. The van der Waals surface area contributed by atoms with E-state index >= 15 is 0 Å². The van der Waals surface area contributed by atoms with Crippen LogP contribution in [0.3, 0.4) is 0 Å². The second-order valence-electron chi connectivity index (χ2n) is 4.36. The van der Waals surface area contributed by atoms with Crippen molar-refractivity contribution in [3.8, 4) is 0 Å². The molecule has 2 aliphatic rings. The smallest absolute Gasteiger partial charge is 0.100 e. The van der Waals surface area contributed by atoms with Crippen LogP contribution in [0.2, 0.25) is 0 Å². The van der Waals surface area contributed by atoms with E-state index in [0.717, 1.165) is 5.92 Å². The van der Waals surface area contributed by atoms with Crippen LogP contribution in [-0.2, 0) is 0 Å². The third-order valence-electron chi connectivity index (χ3n) is 3.27. The van der Waals surface area contributed by atoms with Crippen LogP contribution in [0.15, 0.2) is 0 Å². The van der Waals surface area contributed by atoms with Gasteiger partial charge in [-0.15, -0.1) is 0 Å². The van der Waals surface area contributed by atoms with Gasteiger partial charge in [-0.05, 0) is 31.8 Å². The maximum Gasteiger partial charge on any atom is 0.100 e. The molecule has 0 unspecified atom stereocenters. The van der Waals surface area contributed by atoms with Crippen LogP contribution < -0.4 is 5.32 Å². The number of hydrogen-bond acceptors (Lipinski definition) is 2. The zero-order chi connectivity index (χ0) is 8.93. The van der Waals surface area contributed by atoms with Crippen LogP contribution >= 0.6 is 0 Å². The van der Waals surface area contributed by atoms with Crippen molar-refractivity contribution >= 4 is 0 Å². The zero-order valence-corrected chi connectivity index (χ0v) is 8.47. The van der Waals surface area contributed by atoms with Crippen molar-refractivity contribution < 1.29 is 0 Å². The highest BCUT2D eigenvalue weighted by molar-refractivity contribution is 4.79. The van der Waals surface area contributed by atoms with E-state index in [1.54, 1.807) is 0 Å². The van der Waals surface area contributed by atoms with Crippen LogP contribution in [0.25, 0.3) is 0 Å². The molecule has 0 atom stereocenters. The summed E-state index contributed by atoms with van der Waals surface area (Å²) in [5.41, 5.74) is 0. The number of piperidine rings is 2. The molecule has 2 heteroatoms. The van der Waals surface area contributed by atoms with Crippen molar-refractivity contribution in [3.63, 3.8) is 0 Å². The molecule has 0 aliphatic carbocycles. The third kappa shape index (κ3) is 2.89. The van der Waals surface area contributed by atoms with Crippen molar-refractivity contribution in [3.05, 3.63) is 6.42 Å². The summed E-state index contributed by atoms with van der Waals surface area (Å²) >= 11 is 0. The number of nitrogens with one attached hydrogen (secondary N) is 1. The maximum atomic E-state index is 3.43. The standard InChI is InChI=1S/C11H21N2/c1-2-8-13(9-3-1)10-11-4-6-12-7-5-11/h1,11-12H,2-10H2/q+1. The molecule has 0 saturated carbocycles. The second-order valence-corrected chi connectivity index (χ2v) is 4.36. The SMILES string of the molecule is [CH+]1CCN(CC2CCNCC2)CC1. The van der Waals surface area contributed by atoms with E-state index in [0.29, 0.717) is 0 Å². The van der Waals surface area contributed by atoms with Crippen LogP contribution in [-0.4, -0.2) is 37.6 Å². The van der Waals surface area contributed by atoms with E-state index in [1.807, 2.05) is 0 Å². The molecule has 0 radical (unpaired) electrons. The Balaban J connectivity index is 1.69. The Morgan fingerprint density at radius 1 is 1.15 bits per heavy atom. The molecule has 2 heterocycles. The molecule has 0 aromatic heterocycles. The lowest BCUT2D eigenvalue weighted by atomic mass is 9.96. The van der Waals surface area contributed by atoms with Gasteiger partial charge in [0.25, 0.3) is 0 Å². The number of hydrogen-bond donors (Lipinski definition) is 1. The van der Waals surface area contributed by atoms with Gasteiger partial charge in [-0.2, -0.15) is 0 Å². The molecule has 1 N–H and O–H groups in total. The van der Waals surface area contributed by atoms with Crippen LogP contribution in [0.4, 0.5) is 0 Å². The lowest BCUT2D eigenvalue weighted by Gasteiger charge is -2.30. The fourth-order valence-corrected chi connectivity index (χ4v) is 2.42. The Kier molecular flexibility index (Phi) is 3.50. The molecule has 0 bridgehead atoms. The van der Waals surface area contributed by atoms with Gasteiger partial charge in [-0.1, -0.05) is 0 Å². The van der Waals surface area contributed by atoms with Gasteiger partial charge in [0.15, 0.2) is 0 Å². The molecule has 0 spiro atoms. The van der Waals surface area contributed by atoms with Crippen molar-refractivity contribution in [2.75, 3.05) is 32.7 Å². The lowest BCUT2D eigenvalue weighted by Crippen LogP contribution is -2.38. The minimum Gasteiger partial charge on any atom is -0.317 e. The lowest BCUT2D eigenvalue weighted by molar-refractivity contribution is 0.193. The maximum absolute atomic E-state index is 3.43. The highest BCUT2D eigenvalue weighted by atomic mass is 15.1. The third-order valence-corrected chi connectivity index (χ3v) is 3.27. The van der Waals surface area contributed by atoms with E-state index < -0.39 is 0 Å². The van der Waals surface area contributed by atoms with E-state index in [1.165, 1.54) is 58.4 Å². The Morgan fingerprint density at radius 2 is 1.85 bits per heavy atom. The van der Waals surface area contributed by atoms with Gasteiger partial charge < -0.3 is 5.32 Å². The molecule has 2 saturated heterocycles. The number of likely N-dealkylation sites (tertiary alicyclic amines) is 1. The Labute approximate surface area is 81.7 Å². The minimum absolute atomic E-state index is 0.972. The topological polar surface area (TPSA) is 15.3 Å². The summed E-state index contributed by atoms with van der Waals surface area (Å²) in [5.74, 6) is 0.972. The van der Waals surface area contributed by atoms with Crippen molar-refractivity contribution in [2.24, 2.45) is 5.92 Å². The molecule has 0 amide bonds. The summed E-state index contributed by atoms with van der Waals surface area (Å²) in [4.78, 5) is 2.65. The average molecular weight is 181 g/mol. The number of rotatable bonds is 2. The molecule has 74 valence electrons. The van der Waals surface area contributed by atoms with Crippen molar-refractivity contribution in [1.29, 1.82) is 0 Å². The predicted molar refractivity (Wildman–Crippen MR) is 55.6 cm³/mol. The molecule has 13 heavy (non-hydrogen) atoms. The monoisotopic (exact) mass is 181 g/mol.